The molecule has 0 heterocycles. The van der Waals surface area contributed by atoms with E-state index < -0.39 is 6.04 Å². The van der Waals surface area contributed by atoms with Gasteiger partial charge in [-0.25, -0.2) is 0 Å². The molecule has 0 saturated carbocycles. The Labute approximate surface area is 126 Å². The monoisotopic (exact) mass is 283 g/mol. The van der Waals surface area contributed by atoms with Crippen molar-refractivity contribution < 1.29 is 9.53 Å². The van der Waals surface area contributed by atoms with Gasteiger partial charge in [0.05, 0.1) is 6.10 Å². The lowest BCUT2D eigenvalue weighted by Crippen LogP contribution is -2.40. The minimum atomic E-state index is -0.408. The smallest absolute Gasteiger partial charge is 0.187 e. The summed E-state index contributed by atoms with van der Waals surface area (Å²) in [6.07, 6.45) is -0.206. The number of carbonyl (C=O) groups is 1. The molecule has 2 atom stereocenters. The fourth-order valence-corrected chi connectivity index (χ4v) is 2.25. The number of benzene rings is 2. The highest BCUT2D eigenvalue weighted by molar-refractivity contribution is 6.02. The van der Waals surface area contributed by atoms with Gasteiger partial charge in [0.25, 0.3) is 0 Å². The molecule has 0 amide bonds. The highest BCUT2D eigenvalue weighted by atomic mass is 16.5. The quantitative estimate of drug-likeness (QED) is 0.786. The van der Waals surface area contributed by atoms with Crippen LogP contribution < -0.4 is 5.32 Å². The highest BCUT2D eigenvalue weighted by Crippen LogP contribution is 2.15. The first-order valence-electron chi connectivity index (χ1n) is 7.25. The Bertz CT molecular complexity index is 554. The minimum Gasteiger partial charge on any atom is -0.376 e. The van der Waals surface area contributed by atoms with Crippen molar-refractivity contribution in [1.29, 1.82) is 0 Å². The number of carbonyl (C=O) groups excluding carboxylic acids is 1. The first kappa shape index (κ1) is 15.3. The molecule has 0 fully saturated rings. The number of nitrogens with one attached hydrogen (secondary N) is 1. The van der Waals surface area contributed by atoms with Crippen LogP contribution in [0.25, 0.3) is 0 Å². The molecular formula is C18H21NO2. The maximum atomic E-state index is 12.7. The summed E-state index contributed by atoms with van der Waals surface area (Å²) in [5, 5.41) is 3.29. The molecule has 0 spiro atoms. The normalized spacial score (nSPS) is 13.4. The lowest BCUT2D eigenvalue weighted by Gasteiger charge is -2.25. The van der Waals surface area contributed by atoms with Crippen LogP contribution in [0.5, 0.6) is 0 Å². The van der Waals surface area contributed by atoms with Crippen LogP contribution in [0, 0.1) is 0 Å². The zero-order chi connectivity index (χ0) is 15.1. The molecule has 2 aromatic rings. The van der Waals surface area contributed by atoms with Crippen molar-refractivity contribution in [3.05, 3.63) is 66.2 Å². The zero-order valence-electron chi connectivity index (χ0n) is 12.5. The lowest BCUT2D eigenvalue weighted by molar-refractivity contribution is 0.0544. The van der Waals surface area contributed by atoms with E-state index in [9.17, 15) is 4.79 Å². The van der Waals surface area contributed by atoms with Gasteiger partial charge in [0, 0.05) is 17.9 Å². The van der Waals surface area contributed by atoms with Gasteiger partial charge in [-0.1, -0.05) is 48.5 Å². The summed E-state index contributed by atoms with van der Waals surface area (Å²) in [5.74, 6) is 0.0420. The summed E-state index contributed by atoms with van der Waals surface area (Å²) in [6, 6.07) is 18.6. The first-order chi connectivity index (χ1) is 10.2. The Morgan fingerprint density at radius 2 is 1.62 bits per heavy atom. The molecule has 0 aromatic heterocycles. The highest BCUT2D eigenvalue weighted by Gasteiger charge is 2.26. The molecule has 110 valence electrons. The Hall–Kier alpha value is -2.13. The van der Waals surface area contributed by atoms with E-state index in [-0.39, 0.29) is 11.9 Å². The fourth-order valence-electron chi connectivity index (χ4n) is 2.25. The van der Waals surface area contributed by atoms with Crippen molar-refractivity contribution in [3.8, 4) is 0 Å². The Morgan fingerprint density at radius 3 is 2.19 bits per heavy atom. The second-order valence-corrected chi connectivity index (χ2v) is 4.88. The van der Waals surface area contributed by atoms with Crippen LogP contribution in [-0.2, 0) is 4.74 Å². The van der Waals surface area contributed by atoms with Crippen LogP contribution in [0.1, 0.15) is 24.2 Å². The van der Waals surface area contributed by atoms with E-state index in [1.807, 2.05) is 74.5 Å². The summed E-state index contributed by atoms with van der Waals surface area (Å²) >= 11 is 0. The number of rotatable bonds is 7. The van der Waals surface area contributed by atoms with E-state index in [0.29, 0.717) is 12.2 Å². The van der Waals surface area contributed by atoms with E-state index in [4.69, 9.17) is 4.74 Å². The second-order valence-electron chi connectivity index (χ2n) is 4.88. The molecule has 0 saturated heterocycles. The van der Waals surface area contributed by atoms with Gasteiger partial charge in [-0.05, 0) is 26.0 Å². The molecule has 3 heteroatoms. The number of ether oxygens (including phenoxy) is 1. The van der Waals surface area contributed by atoms with Crippen molar-refractivity contribution in [2.75, 3.05) is 11.9 Å². The van der Waals surface area contributed by atoms with Gasteiger partial charge in [-0.2, -0.15) is 0 Å². The number of para-hydroxylation sites is 1. The zero-order valence-corrected chi connectivity index (χ0v) is 12.5. The Kier molecular flexibility index (Phi) is 5.52. The van der Waals surface area contributed by atoms with Crippen LogP contribution in [-0.4, -0.2) is 24.5 Å². The topological polar surface area (TPSA) is 38.3 Å². The van der Waals surface area contributed by atoms with Crippen LogP contribution in [0.2, 0.25) is 0 Å². The van der Waals surface area contributed by atoms with Gasteiger partial charge < -0.3 is 10.1 Å². The molecule has 0 bridgehead atoms. The van der Waals surface area contributed by atoms with Gasteiger partial charge >= 0.3 is 0 Å². The van der Waals surface area contributed by atoms with E-state index in [0.717, 1.165) is 5.69 Å². The van der Waals surface area contributed by atoms with Gasteiger partial charge in [-0.15, -0.1) is 0 Å². The standard InChI is InChI=1S/C18H21NO2/c1-3-21-14(2)17(19-16-12-8-5-9-13-16)18(20)15-10-6-4-7-11-15/h4-14,17,19H,3H2,1-2H3. The molecule has 21 heavy (non-hydrogen) atoms. The SMILES string of the molecule is CCOC(C)C(Nc1ccccc1)C(=O)c1ccccc1. The van der Waals surface area contributed by atoms with Crippen molar-refractivity contribution in [1.82, 2.24) is 0 Å². The van der Waals surface area contributed by atoms with Crippen molar-refractivity contribution in [2.24, 2.45) is 0 Å². The second kappa shape index (κ2) is 7.60. The van der Waals surface area contributed by atoms with Gasteiger partial charge in [0.15, 0.2) is 5.78 Å². The minimum absolute atomic E-state index is 0.0420. The summed E-state index contributed by atoms with van der Waals surface area (Å²) in [7, 11) is 0. The molecule has 1 N–H and O–H groups in total. The van der Waals surface area contributed by atoms with E-state index >= 15 is 0 Å². The van der Waals surface area contributed by atoms with E-state index in [1.54, 1.807) is 0 Å². The summed E-state index contributed by atoms with van der Waals surface area (Å²) in [5.41, 5.74) is 1.61. The molecular weight excluding hydrogens is 262 g/mol. The third-order valence-corrected chi connectivity index (χ3v) is 3.34. The molecule has 2 aromatic carbocycles. The first-order valence-corrected chi connectivity index (χ1v) is 7.25. The average Bonchev–Trinajstić information content (AvgIpc) is 2.54. The van der Waals surface area contributed by atoms with Crippen LogP contribution in [0.3, 0.4) is 0 Å². The predicted molar refractivity (Wildman–Crippen MR) is 85.7 cm³/mol. The Balaban J connectivity index is 2.21. The number of hydrogen-bond donors (Lipinski definition) is 1. The average molecular weight is 283 g/mol. The van der Waals surface area contributed by atoms with Gasteiger partial charge in [0.1, 0.15) is 6.04 Å². The molecule has 3 nitrogen and oxygen atoms in total. The van der Waals surface area contributed by atoms with Crippen molar-refractivity contribution in [3.63, 3.8) is 0 Å². The fraction of sp³-hybridized carbons (Fsp3) is 0.278. The summed E-state index contributed by atoms with van der Waals surface area (Å²) in [6.45, 7) is 4.43. The van der Waals surface area contributed by atoms with Crippen molar-refractivity contribution in [2.45, 2.75) is 26.0 Å². The van der Waals surface area contributed by atoms with E-state index in [1.165, 1.54) is 0 Å². The molecule has 0 aliphatic heterocycles. The number of ketones is 1. The number of anilines is 1. The lowest BCUT2D eigenvalue weighted by atomic mass is 10.00. The van der Waals surface area contributed by atoms with Gasteiger partial charge in [0.2, 0.25) is 0 Å². The largest absolute Gasteiger partial charge is 0.376 e. The molecule has 0 aliphatic carbocycles. The summed E-state index contributed by atoms with van der Waals surface area (Å²) < 4.78 is 5.64. The predicted octanol–water partition coefficient (Wildman–Crippen LogP) is 3.78. The van der Waals surface area contributed by atoms with E-state index in [2.05, 4.69) is 5.32 Å². The third kappa shape index (κ3) is 4.17. The van der Waals surface area contributed by atoms with Gasteiger partial charge in [-0.3, -0.25) is 4.79 Å². The van der Waals surface area contributed by atoms with Crippen LogP contribution in [0.4, 0.5) is 5.69 Å². The van der Waals surface area contributed by atoms with Crippen molar-refractivity contribution >= 4 is 11.5 Å². The number of hydrogen-bond acceptors (Lipinski definition) is 3. The molecule has 2 rings (SSSR count). The van der Waals surface area contributed by atoms with Crippen LogP contribution in [0.15, 0.2) is 60.7 Å². The molecule has 0 aliphatic rings. The maximum Gasteiger partial charge on any atom is 0.187 e. The number of Topliss-reactive ketones (excluding diaryl/α,β-unsaturated/α-hetero) is 1. The third-order valence-electron chi connectivity index (χ3n) is 3.34. The molecule has 0 radical (unpaired) electrons. The maximum absolute atomic E-state index is 12.7. The molecule has 2 unspecified atom stereocenters. The van der Waals surface area contributed by atoms with Crippen LogP contribution >= 0.6 is 0 Å². The Morgan fingerprint density at radius 1 is 1.05 bits per heavy atom. The summed E-state index contributed by atoms with van der Waals surface area (Å²) in [4.78, 5) is 12.7.